The molecule has 0 radical (unpaired) electrons. The van der Waals surface area contributed by atoms with Crippen molar-refractivity contribution in [3.05, 3.63) is 43.8 Å². The van der Waals surface area contributed by atoms with Crippen LogP contribution in [0.1, 0.15) is 0 Å². The van der Waals surface area contributed by atoms with E-state index in [1.807, 2.05) is 0 Å². The molecule has 1 aromatic heterocycles. The van der Waals surface area contributed by atoms with E-state index < -0.39 is 0 Å². The molecule has 0 saturated carbocycles. The standard InChI is InChI=1S/C12H15N3OS/c1-3-8-15(9-4-2)11(16)10-17-12-13-6-5-7-14-12/h3-7H,1-2,8-10H2. The highest BCUT2D eigenvalue weighted by Crippen LogP contribution is 2.11. The van der Waals surface area contributed by atoms with E-state index in [4.69, 9.17) is 0 Å². The number of carbonyl (C=O) groups is 1. The molecule has 0 aliphatic rings. The molecule has 0 aliphatic heterocycles. The summed E-state index contributed by atoms with van der Waals surface area (Å²) < 4.78 is 0. The minimum Gasteiger partial charge on any atom is -0.335 e. The van der Waals surface area contributed by atoms with Gasteiger partial charge in [-0.25, -0.2) is 9.97 Å². The van der Waals surface area contributed by atoms with Crippen molar-refractivity contribution in [3.8, 4) is 0 Å². The van der Waals surface area contributed by atoms with Crippen LogP contribution < -0.4 is 0 Å². The normalized spacial score (nSPS) is 9.65. The summed E-state index contributed by atoms with van der Waals surface area (Å²) in [4.78, 5) is 21.6. The summed E-state index contributed by atoms with van der Waals surface area (Å²) in [6, 6.07) is 1.74. The Bertz CT molecular complexity index is 371. The van der Waals surface area contributed by atoms with Crippen LogP contribution in [0.5, 0.6) is 0 Å². The Morgan fingerprint density at radius 3 is 2.41 bits per heavy atom. The zero-order valence-electron chi connectivity index (χ0n) is 9.58. The Morgan fingerprint density at radius 2 is 1.88 bits per heavy atom. The molecule has 0 fully saturated rings. The Hall–Kier alpha value is -1.62. The van der Waals surface area contributed by atoms with Crippen LogP contribution in [0.3, 0.4) is 0 Å². The van der Waals surface area contributed by atoms with Gasteiger partial charge in [-0.05, 0) is 6.07 Å². The Kier molecular flexibility index (Phi) is 6.03. The van der Waals surface area contributed by atoms with Crippen LogP contribution in [0, 0.1) is 0 Å². The van der Waals surface area contributed by atoms with E-state index in [1.165, 1.54) is 11.8 Å². The van der Waals surface area contributed by atoms with Gasteiger partial charge in [-0.2, -0.15) is 0 Å². The van der Waals surface area contributed by atoms with Gasteiger partial charge in [0.15, 0.2) is 5.16 Å². The van der Waals surface area contributed by atoms with Crippen molar-refractivity contribution >= 4 is 17.7 Å². The van der Waals surface area contributed by atoms with Crippen molar-refractivity contribution in [1.29, 1.82) is 0 Å². The lowest BCUT2D eigenvalue weighted by Gasteiger charge is -2.18. The first-order valence-corrected chi connectivity index (χ1v) is 6.16. The fourth-order valence-corrected chi connectivity index (χ4v) is 1.87. The SMILES string of the molecule is C=CCN(CC=C)C(=O)CSc1ncccn1. The first kappa shape index (κ1) is 13.4. The second-order valence-electron chi connectivity index (χ2n) is 3.20. The van der Waals surface area contributed by atoms with E-state index >= 15 is 0 Å². The fraction of sp³-hybridized carbons (Fsp3) is 0.250. The van der Waals surface area contributed by atoms with Gasteiger partial charge in [0.1, 0.15) is 0 Å². The largest absolute Gasteiger partial charge is 0.335 e. The molecule has 0 unspecified atom stereocenters. The van der Waals surface area contributed by atoms with Crippen molar-refractivity contribution in [2.24, 2.45) is 0 Å². The number of carbonyl (C=O) groups excluding carboxylic acids is 1. The number of hydrogen-bond acceptors (Lipinski definition) is 4. The summed E-state index contributed by atoms with van der Waals surface area (Å²) in [5.74, 6) is 0.355. The van der Waals surface area contributed by atoms with Gasteiger partial charge in [0.05, 0.1) is 5.75 Å². The van der Waals surface area contributed by atoms with Gasteiger partial charge in [0.25, 0.3) is 0 Å². The highest BCUT2D eigenvalue weighted by atomic mass is 32.2. The lowest BCUT2D eigenvalue weighted by molar-refractivity contribution is -0.127. The van der Waals surface area contributed by atoms with Crippen molar-refractivity contribution in [2.75, 3.05) is 18.8 Å². The second-order valence-corrected chi connectivity index (χ2v) is 4.14. The average Bonchev–Trinajstić information content (AvgIpc) is 2.37. The number of nitrogens with zero attached hydrogens (tertiary/aromatic N) is 3. The number of hydrogen-bond donors (Lipinski definition) is 0. The van der Waals surface area contributed by atoms with Crippen LogP contribution in [0.25, 0.3) is 0 Å². The number of thioether (sulfide) groups is 1. The third-order valence-electron chi connectivity index (χ3n) is 1.92. The fourth-order valence-electron chi connectivity index (χ4n) is 1.17. The van der Waals surface area contributed by atoms with Gasteiger partial charge in [-0.3, -0.25) is 4.79 Å². The predicted molar refractivity (Wildman–Crippen MR) is 69.7 cm³/mol. The lowest BCUT2D eigenvalue weighted by Crippen LogP contribution is -2.32. The molecule has 0 aromatic carbocycles. The summed E-state index contributed by atoms with van der Waals surface area (Å²) >= 11 is 1.33. The van der Waals surface area contributed by atoms with Crippen LogP contribution in [0.15, 0.2) is 48.9 Å². The molecule has 1 aromatic rings. The van der Waals surface area contributed by atoms with Crippen LogP contribution in [-0.4, -0.2) is 39.6 Å². The molecule has 0 atom stereocenters. The van der Waals surface area contributed by atoms with E-state index in [0.717, 1.165) is 0 Å². The molecule has 0 saturated heterocycles. The van der Waals surface area contributed by atoms with Crippen LogP contribution in [-0.2, 0) is 4.79 Å². The van der Waals surface area contributed by atoms with Crippen molar-refractivity contribution in [3.63, 3.8) is 0 Å². The molecular formula is C12H15N3OS. The highest BCUT2D eigenvalue weighted by molar-refractivity contribution is 7.99. The van der Waals surface area contributed by atoms with Crippen LogP contribution in [0.4, 0.5) is 0 Å². The van der Waals surface area contributed by atoms with E-state index in [2.05, 4.69) is 23.1 Å². The molecule has 5 heteroatoms. The molecule has 17 heavy (non-hydrogen) atoms. The smallest absolute Gasteiger partial charge is 0.233 e. The van der Waals surface area contributed by atoms with E-state index in [1.54, 1.807) is 35.5 Å². The Balaban J connectivity index is 2.46. The third kappa shape index (κ3) is 4.82. The van der Waals surface area contributed by atoms with Crippen LogP contribution in [0.2, 0.25) is 0 Å². The minimum absolute atomic E-state index is 0.0299. The highest BCUT2D eigenvalue weighted by Gasteiger charge is 2.11. The zero-order chi connectivity index (χ0) is 12.5. The van der Waals surface area contributed by atoms with Crippen molar-refractivity contribution in [1.82, 2.24) is 14.9 Å². The molecule has 0 aliphatic carbocycles. The molecule has 1 heterocycles. The third-order valence-corrected chi connectivity index (χ3v) is 2.78. The Labute approximate surface area is 105 Å². The second kappa shape index (κ2) is 7.62. The van der Waals surface area contributed by atoms with Gasteiger partial charge < -0.3 is 4.90 Å². The molecule has 0 N–H and O–H groups in total. The first-order valence-electron chi connectivity index (χ1n) is 5.17. The molecule has 4 nitrogen and oxygen atoms in total. The molecular weight excluding hydrogens is 234 g/mol. The molecule has 1 amide bonds. The maximum atomic E-state index is 11.9. The van der Waals surface area contributed by atoms with Gasteiger partial charge in [-0.15, -0.1) is 13.2 Å². The minimum atomic E-state index is 0.0299. The van der Waals surface area contributed by atoms with Crippen LogP contribution >= 0.6 is 11.8 Å². The lowest BCUT2D eigenvalue weighted by atomic mass is 10.4. The quantitative estimate of drug-likeness (QED) is 0.420. The zero-order valence-corrected chi connectivity index (χ0v) is 10.4. The molecule has 0 spiro atoms. The number of aromatic nitrogens is 2. The Morgan fingerprint density at radius 1 is 1.29 bits per heavy atom. The maximum absolute atomic E-state index is 11.9. The summed E-state index contributed by atoms with van der Waals surface area (Å²) in [7, 11) is 0. The summed E-state index contributed by atoms with van der Waals surface area (Å²) in [5.41, 5.74) is 0. The topological polar surface area (TPSA) is 46.1 Å². The van der Waals surface area contributed by atoms with Crippen molar-refractivity contribution < 1.29 is 4.79 Å². The van der Waals surface area contributed by atoms with Gasteiger partial charge in [0, 0.05) is 25.5 Å². The summed E-state index contributed by atoms with van der Waals surface area (Å²) in [5, 5.41) is 0.609. The van der Waals surface area contributed by atoms with Gasteiger partial charge in [-0.1, -0.05) is 23.9 Å². The summed E-state index contributed by atoms with van der Waals surface area (Å²) in [6.07, 6.45) is 6.71. The summed E-state index contributed by atoms with van der Waals surface area (Å²) in [6.45, 7) is 8.31. The predicted octanol–water partition coefficient (Wildman–Crippen LogP) is 1.77. The molecule has 1 rings (SSSR count). The first-order chi connectivity index (χ1) is 8.27. The van der Waals surface area contributed by atoms with Gasteiger partial charge in [0.2, 0.25) is 5.91 Å². The molecule has 0 bridgehead atoms. The monoisotopic (exact) mass is 249 g/mol. The van der Waals surface area contributed by atoms with Gasteiger partial charge >= 0.3 is 0 Å². The van der Waals surface area contributed by atoms with E-state index in [0.29, 0.717) is 24.0 Å². The molecule has 90 valence electrons. The van der Waals surface area contributed by atoms with E-state index in [-0.39, 0.29) is 5.91 Å². The number of rotatable bonds is 7. The maximum Gasteiger partial charge on any atom is 0.233 e. The number of amides is 1. The average molecular weight is 249 g/mol. The van der Waals surface area contributed by atoms with E-state index in [9.17, 15) is 4.79 Å². The van der Waals surface area contributed by atoms with Crippen molar-refractivity contribution in [2.45, 2.75) is 5.16 Å².